The van der Waals surface area contributed by atoms with E-state index in [0.717, 1.165) is 18.5 Å². The van der Waals surface area contributed by atoms with E-state index >= 15 is 0 Å². The molecule has 3 rings (SSSR count). The molecular weight excluding hydrogens is 399 g/mol. The van der Waals surface area contributed by atoms with Gasteiger partial charge in [0.05, 0.1) is 16.6 Å². The van der Waals surface area contributed by atoms with Gasteiger partial charge in [-0.3, -0.25) is 9.69 Å². The van der Waals surface area contributed by atoms with Crippen molar-refractivity contribution in [2.45, 2.75) is 12.8 Å². The number of benzene rings is 2. The summed E-state index contributed by atoms with van der Waals surface area (Å²) in [5.41, 5.74) is 1.54. The molecule has 1 N–H and O–H groups in total. The lowest BCUT2D eigenvalue weighted by Gasteiger charge is -2.15. The molecule has 146 valence electrons. The van der Waals surface area contributed by atoms with Gasteiger partial charge in [-0.2, -0.15) is 4.98 Å². The van der Waals surface area contributed by atoms with Crippen LogP contribution in [0.4, 0.5) is 5.69 Å². The zero-order valence-corrected chi connectivity index (χ0v) is 16.9. The van der Waals surface area contributed by atoms with E-state index in [9.17, 15) is 4.79 Å². The molecule has 0 saturated heterocycles. The van der Waals surface area contributed by atoms with Gasteiger partial charge in [0.25, 0.3) is 0 Å². The minimum absolute atomic E-state index is 0.120. The van der Waals surface area contributed by atoms with Crippen LogP contribution in [0, 0.1) is 0 Å². The summed E-state index contributed by atoms with van der Waals surface area (Å²) in [5, 5.41) is 7.67. The highest BCUT2D eigenvalue weighted by atomic mass is 35.5. The zero-order chi connectivity index (χ0) is 19.9. The highest BCUT2D eigenvalue weighted by Crippen LogP contribution is 2.25. The highest BCUT2D eigenvalue weighted by molar-refractivity contribution is 6.42. The van der Waals surface area contributed by atoms with Gasteiger partial charge in [-0.1, -0.05) is 58.7 Å². The van der Waals surface area contributed by atoms with Crippen LogP contribution in [-0.2, 0) is 11.2 Å². The number of anilines is 1. The SMILES string of the molecule is CN(CCCc1nc(-c2ccccc2)no1)CC(=O)Nc1ccc(Cl)c(Cl)c1. The Morgan fingerprint density at radius 3 is 2.68 bits per heavy atom. The van der Waals surface area contributed by atoms with E-state index in [0.29, 0.717) is 33.9 Å². The molecule has 0 radical (unpaired) electrons. The van der Waals surface area contributed by atoms with Gasteiger partial charge in [-0.15, -0.1) is 0 Å². The first kappa shape index (κ1) is 20.3. The van der Waals surface area contributed by atoms with Crippen LogP contribution in [0.2, 0.25) is 10.0 Å². The van der Waals surface area contributed by atoms with Crippen LogP contribution in [-0.4, -0.2) is 41.1 Å². The second kappa shape index (κ2) is 9.68. The first-order valence-corrected chi connectivity index (χ1v) is 9.58. The number of aromatic nitrogens is 2. The van der Waals surface area contributed by atoms with Crippen LogP contribution in [0.15, 0.2) is 53.1 Å². The Morgan fingerprint density at radius 1 is 1.14 bits per heavy atom. The van der Waals surface area contributed by atoms with Gasteiger partial charge < -0.3 is 9.84 Å². The first-order valence-electron chi connectivity index (χ1n) is 8.83. The Kier molecular flexibility index (Phi) is 7.03. The summed E-state index contributed by atoms with van der Waals surface area (Å²) in [7, 11) is 1.89. The van der Waals surface area contributed by atoms with Crippen molar-refractivity contribution in [2.75, 3.05) is 25.5 Å². The molecular formula is C20H20Cl2N4O2. The molecule has 0 aliphatic heterocycles. The lowest BCUT2D eigenvalue weighted by Crippen LogP contribution is -2.31. The van der Waals surface area contributed by atoms with E-state index in [2.05, 4.69) is 15.5 Å². The van der Waals surface area contributed by atoms with Crippen LogP contribution in [0.5, 0.6) is 0 Å². The van der Waals surface area contributed by atoms with Crippen molar-refractivity contribution in [1.82, 2.24) is 15.0 Å². The van der Waals surface area contributed by atoms with Gasteiger partial charge in [-0.25, -0.2) is 0 Å². The fraction of sp³-hybridized carbons (Fsp3) is 0.250. The number of carbonyl (C=O) groups is 1. The molecule has 1 heterocycles. The van der Waals surface area contributed by atoms with Gasteiger partial charge in [0.15, 0.2) is 0 Å². The molecule has 0 aliphatic carbocycles. The van der Waals surface area contributed by atoms with E-state index in [1.165, 1.54) is 0 Å². The van der Waals surface area contributed by atoms with Crippen LogP contribution >= 0.6 is 23.2 Å². The van der Waals surface area contributed by atoms with Gasteiger partial charge in [0, 0.05) is 17.7 Å². The number of halogens is 2. The second-order valence-corrected chi connectivity index (χ2v) is 7.21. The summed E-state index contributed by atoms with van der Waals surface area (Å²) in [6.07, 6.45) is 1.45. The first-order chi connectivity index (χ1) is 13.5. The van der Waals surface area contributed by atoms with E-state index < -0.39 is 0 Å². The van der Waals surface area contributed by atoms with Crippen molar-refractivity contribution in [2.24, 2.45) is 0 Å². The van der Waals surface area contributed by atoms with Gasteiger partial charge in [-0.05, 0) is 38.2 Å². The molecule has 2 aromatic carbocycles. The smallest absolute Gasteiger partial charge is 0.238 e. The number of nitrogens with zero attached hydrogens (tertiary/aromatic N) is 3. The quantitative estimate of drug-likeness (QED) is 0.580. The third kappa shape index (κ3) is 5.79. The molecule has 1 amide bonds. The predicted octanol–water partition coefficient (Wildman–Crippen LogP) is 4.55. The molecule has 6 nitrogen and oxygen atoms in total. The number of amides is 1. The number of nitrogens with one attached hydrogen (secondary N) is 1. The Labute approximate surface area is 173 Å². The molecule has 1 aromatic heterocycles. The fourth-order valence-corrected chi connectivity index (χ4v) is 2.96. The van der Waals surface area contributed by atoms with Gasteiger partial charge in [0.1, 0.15) is 0 Å². The van der Waals surface area contributed by atoms with Crippen LogP contribution in [0.1, 0.15) is 12.3 Å². The zero-order valence-electron chi connectivity index (χ0n) is 15.4. The monoisotopic (exact) mass is 418 g/mol. The minimum atomic E-state index is -0.120. The summed E-state index contributed by atoms with van der Waals surface area (Å²) in [5.74, 6) is 1.06. The van der Waals surface area contributed by atoms with Crippen LogP contribution in [0.25, 0.3) is 11.4 Å². The molecule has 0 fully saturated rings. The Bertz CT molecular complexity index is 931. The fourth-order valence-electron chi connectivity index (χ4n) is 2.66. The predicted molar refractivity (Wildman–Crippen MR) is 111 cm³/mol. The van der Waals surface area contributed by atoms with E-state index in [-0.39, 0.29) is 12.5 Å². The normalized spacial score (nSPS) is 11.0. The number of likely N-dealkylation sites (N-methyl/N-ethyl adjacent to an activating group) is 1. The molecule has 0 atom stereocenters. The van der Waals surface area contributed by atoms with Crippen molar-refractivity contribution in [1.29, 1.82) is 0 Å². The third-order valence-corrected chi connectivity index (χ3v) is 4.79. The molecule has 3 aromatic rings. The van der Waals surface area contributed by atoms with Crippen molar-refractivity contribution in [3.63, 3.8) is 0 Å². The van der Waals surface area contributed by atoms with Crippen molar-refractivity contribution in [3.8, 4) is 11.4 Å². The molecule has 28 heavy (non-hydrogen) atoms. The average Bonchev–Trinajstić information content (AvgIpc) is 3.14. The number of rotatable bonds is 8. The van der Waals surface area contributed by atoms with Crippen LogP contribution < -0.4 is 5.32 Å². The van der Waals surface area contributed by atoms with Crippen molar-refractivity contribution in [3.05, 3.63) is 64.5 Å². The molecule has 8 heteroatoms. The maximum Gasteiger partial charge on any atom is 0.238 e. The standard InChI is InChI=1S/C20H20Cl2N4O2/c1-26(13-18(27)23-15-9-10-16(21)17(22)12-15)11-5-8-19-24-20(25-28-19)14-6-3-2-4-7-14/h2-4,6-7,9-10,12H,5,8,11,13H2,1H3,(H,23,27). The maximum atomic E-state index is 12.1. The Hall–Kier alpha value is -2.41. The van der Waals surface area contributed by atoms with E-state index in [1.807, 2.05) is 42.3 Å². The summed E-state index contributed by atoms with van der Waals surface area (Å²) in [4.78, 5) is 18.5. The lowest BCUT2D eigenvalue weighted by atomic mass is 10.2. The second-order valence-electron chi connectivity index (χ2n) is 6.40. The molecule has 0 saturated carbocycles. The molecule has 0 aliphatic rings. The highest BCUT2D eigenvalue weighted by Gasteiger charge is 2.11. The number of hydrogen-bond acceptors (Lipinski definition) is 5. The summed E-state index contributed by atoms with van der Waals surface area (Å²) < 4.78 is 5.30. The summed E-state index contributed by atoms with van der Waals surface area (Å²) in [6, 6.07) is 14.7. The summed E-state index contributed by atoms with van der Waals surface area (Å²) >= 11 is 11.8. The Balaban J connectivity index is 1.42. The number of aryl methyl sites for hydroxylation is 1. The summed E-state index contributed by atoms with van der Waals surface area (Å²) in [6.45, 7) is 0.983. The van der Waals surface area contributed by atoms with Crippen molar-refractivity contribution < 1.29 is 9.32 Å². The molecule has 0 bridgehead atoms. The van der Waals surface area contributed by atoms with Crippen LogP contribution in [0.3, 0.4) is 0 Å². The maximum absolute atomic E-state index is 12.1. The Morgan fingerprint density at radius 2 is 1.93 bits per heavy atom. The largest absolute Gasteiger partial charge is 0.339 e. The van der Waals surface area contributed by atoms with E-state index in [4.69, 9.17) is 27.7 Å². The number of hydrogen-bond donors (Lipinski definition) is 1. The molecule has 0 unspecified atom stereocenters. The van der Waals surface area contributed by atoms with Gasteiger partial charge >= 0.3 is 0 Å². The minimum Gasteiger partial charge on any atom is -0.339 e. The third-order valence-electron chi connectivity index (χ3n) is 4.05. The van der Waals surface area contributed by atoms with Crippen molar-refractivity contribution >= 4 is 34.8 Å². The van der Waals surface area contributed by atoms with Gasteiger partial charge in [0.2, 0.25) is 17.6 Å². The number of carbonyl (C=O) groups excluding carboxylic acids is 1. The topological polar surface area (TPSA) is 71.3 Å². The lowest BCUT2D eigenvalue weighted by molar-refractivity contribution is -0.117. The van der Waals surface area contributed by atoms with E-state index in [1.54, 1.807) is 18.2 Å². The average molecular weight is 419 g/mol. The molecule has 0 spiro atoms.